The zero-order chi connectivity index (χ0) is 19.5. The zero-order valence-corrected chi connectivity index (χ0v) is 16.8. The van der Waals surface area contributed by atoms with Crippen LogP contribution in [0, 0.1) is 0 Å². The monoisotopic (exact) mass is 402 g/mol. The fourth-order valence-corrected chi connectivity index (χ4v) is 4.71. The van der Waals surface area contributed by atoms with E-state index in [1.807, 2.05) is 30.5 Å². The van der Waals surface area contributed by atoms with Gasteiger partial charge in [-0.1, -0.05) is 23.7 Å². The molecule has 6 nitrogen and oxygen atoms in total. The predicted octanol–water partition coefficient (Wildman–Crippen LogP) is 4.37. The van der Waals surface area contributed by atoms with Gasteiger partial charge in [0.25, 0.3) is 0 Å². The van der Waals surface area contributed by atoms with Crippen molar-refractivity contribution >= 4 is 17.7 Å². The Hall–Kier alpha value is -2.05. The highest BCUT2D eigenvalue weighted by atomic mass is 35.5. The van der Waals surface area contributed by atoms with E-state index in [2.05, 4.69) is 20.7 Å². The van der Waals surface area contributed by atoms with Crippen LogP contribution in [0.25, 0.3) is 11.3 Å². The summed E-state index contributed by atoms with van der Waals surface area (Å²) in [6.07, 6.45) is 6.22. The first-order chi connectivity index (χ1) is 13.6. The number of carboxylic acid groups (broad SMARTS) is 1. The fourth-order valence-electron chi connectivity index (χ4n) is 4.59. The quantitative estimate of drug-likeness (QED) is 0.827. The average molecular weight is 403 g/mol. The third kappa shape index (κ3) is 4.18. The Labute approximate surface area is 170 Å². The summed E-state index contributed by atoms with van der Waals surface area (Å²) in [5, 5.41) is 14.6. The van der Waals surface area contributed by atoms with Gasteiger partial charge < -0.3 is 14.9 Å². The number of aromatic nitrogens is 2. The molecule has 1 unspecified atom stereocenters. The first-order valence-corrected chi connectivity index (χ1v) is 10.5. The van der Waals surface area contributed by atoms with Gasteiger partial charge in [0.1, 0.15) is 0 Å². The van der Waals surface area contributed by atoms with E-state index < -0.39 is 6.09 Å². The number of piperidine rings is 1. The summed E-state index contributed by atoms with van der Waals surface area (Å²) < 4.78 is 2.17. The lowest BCUT2D eigenvalue weighted by Gasteiger charge is -2.37. The molecule has 2 aliphatic heterocycles. The minimum absolute atomic E-state index is 0.401. The van der Waals surface area contributed by atoms with Gasteiger partial charge in [-0.2, -0.15) is 5.10 Å². The Morgan fingerprint density at radius 2 is 1.68 bits per heavy atom. The van der Waals surface area contributed by atoms with E-state index in [0.717, 1.165) is 61.5 Å². The smallest absolute Gasteiger partial charge is 0.407 e. The Morgan fingerprint density at radius 1 is 0.964 bits per heavy atom. The highest BCUT2D eigenvalue weighted by molar-refractivity contribution is 6.30. The fraction of sp³-hybridized carbons (Fsp3) is 0.524. The van der Waals surface area contributed by atoms with Crippen LogP contribution in [-0.4, -0.2) is 63.0 Å². The maximum atomic E-state index is 11.2. The molecule has 2 aliphatic rings. The van der Waals surface area contributed by atoms with Crippen LogP contribution in [0.1, 0.15) is 38.1 Å². The minimum Gasteiger partial charge on any atom is -0.465 e. The van der Waals surface area contributed by atoms with Crippen molar-refractivity contribution in [2.75, 3.05) is 26.2 Å². The zero-order valence-electron chi connectivity index (χ0n) is 16.0. The van der Waals surface area contributed by atoms with Crippen LogP contribution in [0.2, 0.25) is 5.02 Å². The third-order valence-electron chi connectivity index (χ3n) is 6.14. The summed E-state index contributed by atoms with van der Waals surface area (Å²) in [6, 6.07) is 10.9. The highest BCUT2D eigenvalue weighted by Crippen LogP contribution is 2.31. The topological polar surface area (TPSA) is 61.6 Å². The molecule has 3 heterocycles. The van der Waals surface area contributed by atoms with Gasteiger partial charge >= 0.3 is 6.09 Å². The van der Waals surface area contributed by atoms with Crippen molar-refractivity contribution in [3.05, 3.63) is 41.6 Å². The molecule has 1 N–H and O–H groups in total. The molecule has 1 aromatic carbocycles. The van der Waals surface area contributed by atoms with Gasteiger partial charge in [-0.25, -0.2) is 4.79 Å². The van der Waals surface area contributed by atoms with E-state index in [1.54, 1.807) is 4.90 Å². The molecule has 150 valence electrons. The molecule has 0 spiro atoms. The van der Waals surface area contributed by atoms with E-state index in [1.165, 1.54) is 0 Å². The second-order valence-electron chi connectivity index (χ2n) is 7.79. The first kappa shape index (κ1) is 19.3. The Morgan fingerprint density at radius 3 is 2.39 bits per heavy atom. The number of likely N-dealkylation sites (tertiary alicyclic amines) is 2. The summed E-state index contributed by atoms with van der Waals surface area (Å²) in [7, 11) is 0. The number of rotatable bonds is 3. The molecule has 0 aliphatic carbocycles. The second kappa shape index (κ2) is 8.53. The van der Waals surface area contributed by atoms with Crippen LogP contribution in [-0.2, 0) is 0 Å². The van der Waals surface area contributed by atoms with E-state index in [-0.39, 0.29) is 0 Å². The van der Waals surface area contributed by atoms with Crippen LogP contribution in [0.15, 0.2) is 36.5 Å². The minimum atomic E-state index is -0.784. The molecule has 0 saturated carbocycles. The van der Waals surface area contributed by atoms with Crippen LogP contribution in [0.3, 0.4) is 0 Å². The van der Waals surface area contributed by atoms with Crippen LogP contribution >= 0.6 is 11.6 Å². The van der Waals surface area contributed by atoms with E-state index in [0.29, 0.717) is 25.2 Å². The molecule has 1 atom stereocenters. The molecule has 2 fully saturated rings. The van der Waals surface area contributed by atoms with Crippen molar-refractivity contribution in [2.24, 2.45) is 0 Å². The summed E-state index contributed by atoms with van der Waals surface area (Å²) >= 11 is 6.03. The molecule has 0 bridgehead atoms. The summed E-state index contributed by atoms with van der Waals surface area (Å²) in [4.78, 5) is 15.4. The predicted molar refractivity (Wildman–Crippen MR) is 110 cm³/mol. The van der Waals surface area contributed by atoms with E-state index in [4.69, 9.17) is 11.6 Å². The van der Waals surface area contributed by atoms with Crippen molar-refractivity contribution in [2.45, 2.75) is 44.2 Å². The molecule has 0 radical (unpaired) electrons. The van der Waals surface area contributed by atoms with Gasteiger partial charge in [-0.05, 0) is 55.9 Å². The van der Waals surface area contributed by atoms with E-state index in [9.17, 15) is 9.90 Å². The van der Waals surface area contributed by atoms with Gasteiger partial charge in [0.05, 0.1) is 11.7 Å². The Balaban J connectivity index is 1.38. The van der Waals surface area contributed by atoms with Crippen molar-refractivity contribution in [3.63, 3.8) is 0 Å². The largest absolute Gasteiger partial charge is 0.465 e. The van der Waals surface area contributed by atoms with Crippen LogP contribution in [0.5, 0.6) is 0 Å². The maximum Gasteiger partial charge on any atom is 0.407 e. The number of hydrogen-bond acceptors (Lipinski definition) is 3. The molecule has 28 heavy (non-hydrogen) atoms. The van der Waals surface area contributed by atoms with Gasteiger partial charge in [-0.3, -0.25) is 4.68 Å². The molecule has 2 saturated heterocycles. The SMILES string of the molecule is O=C(O)N1CCCC(N2CCC(n3nccc3-c3ccc(Cl)cc3)CC2)CC1. The summed E-state index contributed by atoms with van der Waals surface area (Å²) in [5.74, 6) is 0. The molecular weight excluding hydrogens is 376 g/mol. The Bertz CT molecular complexity index is 799. The van der Waals surface area contributed by atoms with Crippen molar-refractivity contribution in [1.82, 2.24) is 19.6 Å². The molecule has 4 rings (SSSR count). The third-order valence-corrected chi connectivity index (χ3v) is 6.39. The second-order valence-corrected chi connectivity index (χ2v) is 8.23. The number of carbonyl (C=O) groups is 1. The number of hydrogen-bond donors (Lipinski definition) is 1. The normalized spacial score (nSPS) is 22.2. The number of benzene rings is 1. The molecular formula is C21H27ClN4O2. The van der Waals surface area contributed by atoms with Crippen LogP contribution < -0.4 is 0 Å². The van der Waals surface area contributed by atoms with Gasteiger partial charge in [0.2, 0.25) is 0 Å². The lowest BCUT2D eigenvalue weighted by molar-refractivity contribution is 0.118. The van der Waals surface area contributed by atoms with Crippen molar-refractivity contribution in [1.29, 1.82) is 0 Å². The molecule has 2 aromatic rings. The van der Waals surface area contributed by atoms with Crippen molar-refractivity contribution in [3.8, 4) is 11.3 Å². The number of halogens is 1. The number of nitrogens with zero attached hydrogens (tertiary/aromatic N) is 4. The Kier molecular flexibility index (Phi) is 5.87. The molecule has 7 heteroatoms. The average Bonchev–Trinajstić information content (AvgIpc) is 3.05. The first-order valence-electron chi connectivity index (χ1n) is 10.1. The lowest BCUT2D eigenvalue weighted by atomic mass is 9.99. The van der Waals surface area contributed by atoms with E-state index >= 15 is 0 Å². The van der Waals surface area contributed by atoms with Gasteiger partial charge in [-0.15, -0.1) is 0 Å². The molecule has 1 aromatic heterocycles. The summed E-state index contributed by atoms with van der Waals surface area (Å²) in [5.41, 5.74) is 2.28. The van der Waals surface area contributed by atoms with Crippen molar-refractivity contribution < 1.29 is 9.90 Å². The standard InChI is InChI=1S/C21H27ClN4O2/c22-17-5-3-16(4-6-17)20-7-11-23-26(20)19-9-13-24(14-10-19)18-2-1-12-25(15-8-18)21(27)28/h3-7,11,18-19H,1-2,8-10,12-15H2,(H,27,28). The maximum absolute atomic E-state index is 11.2. The van der Waals surface area contributed by atoms with Gasteiger partial charge in [0.15, 0.2) is 0 Å². The molecule has 1 amide bonds. The number of amides is 1. The van der Waals surface area contributed by atoms with Gasteiger partial charge in [0, 0.05) is 43.4 Å². The lowest BCUT2D eigenvalue weighted by Crippen LogP contribution is -2.42. The summed E-state index contributed by atoms with van der Waals surface area (Å²) in [6.45, 7) is 3.41. The van der Waals surface area contributed by atoms with Crippen LogP contribution in [0.4, 0.5) is 4.79 Å². The highest BCUT2D eigenvalue weighted by Gasteiger charge is 2.29.